The predicted octanol–water partition coefficient (Wildman–Crippen LogP) is 3.62. The van der Waals surface area contributed by atoms with Gasteiger partial charge in [0.15, 0.2) is 0 Å². The lowest BCUT2D eigenvalue weighted by Crippen LogP contribution is -2.55. The van der Waals surface area contributed by atoms with E-state index in [-0.39, 0.29) is 17.9 Å². The Morgan fingerprint density at radius 2 is 1.67 bits per heavy atom. The fourth-order valence-electron chi connectivity index (χ4n) is 3.91. The molecule has 1 saturated carbocycles. The molecule has 0 radical (unpaired) electrons. The first-order valence-corrected chi connectivity index (χ1v) is 10.2. The number of piperidine rings is 1. The molecule has 1 spiro atoms. The highest BCUT2D eigenvalue weighted by molar-refractivity contribution is 7.08. The third kappa shape index (κ3) is 3.00. The highest BCUT2D eigenvalue weighted by atomic mass is 32.1. The summed E-state index contributed by atoms with van der Waals surface area (Å²) in [5.74, 6) is 0.203. The number of nitrogens with one attached hydrogen (secondary N) is 1. The van der Waals surface area contributed by atoms with Gasteiger partial charge in [-0.05, 0) is 54.0 Å². The predicted molar refractivity (Wildman–Crippen MR) is 96.7 cm³/mol. The average molecular weight is 361 g/mol. The number of rotatable bonds is 3. The zero-order valence-electron chi connectivity index (χ0n) is 13.4. The molecule has 2 amide bonds. The molecule has 0 aromatic carbocycles. The quantitative estimate of drug-likeness (QED) is 0.909. The van der Waals surface area contributed by atoms with Crippen molar-refractivity contribution in [3.63, 3.8) is 0 Å². The van der Waals surface area contributed by atoms with Crippen LogP contribution in [0.3, 0.4) is 0 Å². The zero-order valence-corrected chi connectivity index (χ0v) is 15.0. The minimum Gasteiger partial charge on any atom is -0.349 e. The van der Waals surface area contributed by atoms with Gasteiger partial charge in [0, 0.05) is 35.5 Å². The largest absolute Gasteiger partial charge is 0.349 e. The molecule has 4 nitrogen and oxygen atoms in total. The second kappa shape index (κ2) is 6.33. The van der Waals surface area contributed by atoms with Crippen LogP contribution in [0.2, 0.25) is 0 Å². The van der Waals surface area contributed by atoms with Crippen molar-refractivity contribution in [2.75, 3.05) is 13.1 Å². The van der Waals surface area contributed by atoms with Crippen molar-refractivity contribution in [3.8, 4) is 0 Å². The second-order valence-electron chi connectivity index (χ2n) is 6.89. The Labute approximate surface area is 149 Å². The Hall–Kier alpha value is -1.66. The zero-order chi connectivity index (χ0) is 16.6. The van der Waals surface area contributed by atoms with Gasteiger partial charge >= 0.3 is 0 Å². The summed E-state index contributed by atoms with van der Waals surface area (Å²) in [5, 5.41) is 10.8. The van der Waals surface area contributed by atoms with Gasteiger partial charge in [0.05, 0.1) is 5.56 Å². The maximum atomic E-state index is 12.4. The Morgan fingerprint density at radius 3 is 2.25 bits per heavy atom. The van der Waals surface area contributed by atoms with E-state index in [1.54, 1.807) is 22.7 Å². The SMILES string of the molecule is O=C(NC1CC2(CCN(C(=O)c3ccsc3)CC2)C1)c1ccsc1. The van der Waals surface area contributed by atoms with Gasteiger partial charge in [-0.2, -0.15) is 22.7 Å². The smallest absolute Gasteiger partial charge is 0.254 e. The Bertz CT molecular complexity index is 701. The van der Waals surface area contributed by atoms with Gasteiger partial charge in [-0.15, -0.1) is 0 Å². The van der Waals surface area contributed by atoms with Crippen molar-refractivity contribution >= 4 is 34.5 Å². The summed E-state index contributed by atoms with van der Waals surface area (Å²) in [7, 11) is 0. The highest BCUT2D eigenvalue weighted by Gasteiger charge is 2.46. The molecule has 1 N–H and O–H groups in total. The van der Waals surface area contributed by atoms with E-state index in [0.717, 1.165) is 49.9 Å². The van der Waals surface area contributed by atoms with Crippen molar-refractivity contribution in [3.05, 3.63) is 44.8 Å². The van der Waals surface area contributed by atoms with Crippen LogP contribution in [-0.4, -0.2) is 35.8 Å². The standard InChI is InChI=1S/C18H20N2O2S2/c21-16(13-1-7-23-11-13)19-15-9-18(10-15)3-5-20(6-4-18)17(22)14-2-8-24-12-14/h1-2,7-8,11-12,15H,3-6,9-10H2,(H,19,21). The number of hydrogen-bond acceptors (Lipinski definition) is 4. The molecule has 0 atom stereocenters. The molecule has 126 valence electrons. The lowest BCUT2D eigenvalue weighted by molar-refractivity contribution is 0.00866. The molecule has 1 aliphatic heterocycles. The Balaban J connectivity index is 1.27. The van der Waals surface area contributed by atoms with Gasteiger partial charge in [-0.1, -0.05) is 0 Å². The number of carbonyl (C=O) groups excluding carboxylic acids is 2. The summed E-state index contributed by atoms with van der Waals surface area (Å²) in [4.78, 5) is 26.5. The van der Waals surface area contributed by atoms with Crippen LogP contribution in [-0.2, 0) is 0 Å². The maximum absolute atomic E-state index is 12.4. The van der Waals surface area contributed by atoms with Crippen LogP contribution in [0.1, 0.15) is 46.4 Å². The summed E-state index contributed by atoms with van der Waals surface area (Å²) >= 11 is 3.11. The summed E-state index contributed by atoms with van der Waals surface area (Å²) < 4.78 is 0. The van der Waals surface area contributed by atoms with E-state index in [4.69, 9.17) is 0 Å². The molecule has 1 aliphatic carbocycles. The number of hydrogen-bond donors (Lipinski definition) is 1. The molecule has 2 aromatic heterocycles. The normalized spacial score (nSPS) is 19.9. The minimum atomic E-state index is 0.0428. The van der Waals surface area contributed by atoms with Gasteiger partial charge in [0.25, 0.3) is 11.8 Å². The molecular weight excluding hydrogens is 340 g/mol. The summed E-state index contributed by atoms with van der Waals surface area (Å²) in [6.45, 7) is 1.67. The van der Waals surface area contributed by atoms with Crippen LogP contribution in [0.5, 0.6) is 0 Å². The fraction of sp³-hybridized carbons (Fsp3) is 0.444. The average Bonchev–Trinajstić information content (AvgIpc) is 3.26. The Morgan fingerprint density at radius 1 is 1.04 bits per heavy atom. The van der Waals surface area contributed by atoms with Crippen molar-refractivity contribution in [2.45, 2.75) is 31.7 Å². The first-order valence-electron chi connectivity index (χ1n) is 8.30. The third-order valence-electron chi connectivity index (χ3n) is 5.36. The van der Waals surface area contributed by atoms with Crippen molar-refractivity contribution in [1.82, 2.24) is 10.2 Å². The first kappa shape index (κ1) is 15.8. The van der Waals surface area contributed by atoms with E-state index in [0.29, 0.717) is 5.41 Å². The molecule has 6 heteroatoms. The number of carbonyl (C=O) groups is 2. The molecule has 2 fully saturated rings. The number of likely N-dealkylation sites (tertiary alicyclic amines) is 1. The van der Waals surface area contributed by atoms with Crippen LogP contribution in [0, 0.1) is 5.41 Å². The van der Waals surface area contributed by atoms with E-state index in [2.05, 4.69) is 5.32 Å². The molecular formula is C18H20N2O2S2. The van der Waals surface area contributed by atoms with E-state index in [9.17, 15) is 9.59 Å². The van der Waals surface area contributed by atoms with E-state index < -0.39 is 0 Å². The second-order valence-corrected chi connectivity index (χ2v) is 8.45. The lowest BCUT2D eigenvalue weighted by Gasteiger charge is -2.52. The van der Waals surface area contributed by atoms with E-state index in [1.807, 2.05) is 38.6 Å². The van der Waals surface area contributed by atoms with Gasteiger partial charge in [0.1, 0.15) is 0 Å². The van der Waals surface area contributed by atoms with Crippen LogP contribution in [0.15, 0.2) is 33.7 Å². The molecule has 0 bridgehead atoms. The van der Waals surface area contributed by atoms with E-state index >= 15 is 0 Å². The Kier molecular flexibility index (Phi) is 4.18. The molecule has 4 rings (SSSR count). The lowest BCUT2D eigenvalue weighted by atomic mass is 9.60. The van der Waals surface area contributed by atoms with Crippen LogP contribution in [0.4, 0.5) is 0 Å². The summed E-state index contributed by atoms with van der Waals surface area (Å²) in [6.07, 6.45) is 4.19. The summed E-state index contributed by atoms with van der Waals surface area (Å²) in [6, 6.07) is 4.05. The van der Waals surface area contributed by atoms with Gasteiger partial charge in [-0.3, -0.25) is 9.59 Å². The van der Waals surface area contributed by atoms with Gasteiger partial charge in [0.2, 0.25) is 0 Å². The number of thiophene rings is 2. The van der Waals surface area contributed by atoms with Crippen LogP contribution < -0.4 is 5.32 Å². The molecule has 3 heterocycles. The first-order chi connectivity index (χ1) is 11.7. The van der Waals surface area contributed by atoms with Crippen molar-refractivity contribution in [1.29, 1.82) is 0 Å². The molecule has 2 aliphatic rings. The third-order valence-corrected chi connectivity index (χ3v) is 6.72. The van der Waals surface area contributed by atoms with Crippen molar-refractivity contribution < 1.29 is 9.59 Å². The topological polar surface area (TPSA) is 49.4 Å². The molecule has 24 heavy (non-hydrogen) atoms. The molecule has 1 saturated heterocycles. The molecule has 0 unspecified atom stereocenters. The van der Waals surface area contributed by atoms with Gasteiger partial charge < -0.3 is 10.2 Å². The highest BCUT2D eigenvalue weighted by Crippen LogP contribution is 2.49. The number of nitrogens with zero attached hydrogens (tertiary/aromatic N) is 1. The van der Waals surface area contributed by atoms with Crippen LogP contribution in [0.25, 0.3) is 0 Å². The fourth-order valence-corrected chi connectivity index (χ4v) is 5.18. The monoisotopic (exact) mass is 360 g/mol. The molecule has 2 aromatic rings. The van der Waals surface area contributed by atoms with Crippen LogP contribution >= 0.6 is 22.7 Å². The van der Waals surface area contributed by atoms with E-state index in [1.165, 1.54) is 0 Å². The maximum Gasteiger partial charge on any atom is 0.254 e. The minimum absolute atomic E-state index is 0.0428. The van der Waals surface area contributed by atoms with Gasteiger partial charge in [-0.25, -0.2) is 0 Å². The van der Waals surface area contributed by atoms with Crippen molar-refractivity contribution in [2.24, 2.45) is 5.41 Å². The number of amides is 2. The summed E-state index contributed by atoms with van der Waals surface area (Å²) in [5.41, 5.74) is 1.90.